The van der Waals surface area contributed by atoms with Gasteiger partial charge < -0.3 is 14.8 Å². The summed E-state index contributed by atoms with van der Waals surface area (Å²) in [5.41, 5.74) is 2.21. The van der Waals surface area contributed by atoms with Crippen molar-refractivity contribution in [2.75, 3.05) is 11.9 Å². The van der Waals surface area contributed by atoms with Crippen LogP contribution in [0.1, 0.15) is 19.4 Å². The van der Waals surface area contributed by atoms with Crippen molar-refractivity contribution in [1.82, 2.24) is 9.55 Å². The maximum Gasteiger partial charge on any atom is 0.263 e. The summed E-state index contributed by atoms with van der Waals surface area (Å²) in [7, 11) is 0. The van der Waals surface area contributed by atoms with Gasteiger partial charge in [0.2, 0.25) is 5.91 Å². The Morgan fingerprint density at radius 1 is 1.38 bits per heavy atom. The summed E-state index contributed by atoms with van der Waals surface area (Å²) in [6, 6.07) is 7.63. The van der Waals surface area contributed by atoms with Crippen molar-refractivity contribution in [2.45, 2.75) is 32.9 Å². The van der Waals surface area contributed by atoms with Crippen LogP contribution in [0.5, 0.6) is 11.5 Å². The maximum atomic E-state index is 13.2. The first-order chi connectivity index (χ1) is 15.5. The van der Waals surface area contributed by atoms with Gasteiger partial charge in [-0.25, -0.2) is 4.98 Å². The SMILES string of the molecule is CCOc1cc2c(cc1NC(=O)Cn1cnc3scc(-c4cccs4)c3c1=O)OC(C)C2. The zero-order valence-electron chi connectivity index (χ0n) is 17.6. The van der Waals surface area contributed by atoms with Crippen LogP contribution in [0.2, 0.25) is 0 Å². The Balaban J connectivity index is 1.43. The molecule has 4 aromatic rings. The van der Waals surface area contributed by atoms with E-state index in [1.54, 1.807) is 17.4 Å². The average molecular weight is 468 g/mol. The lowest BCUT2D eigenvalue weighted by atomic mass is 10.1. The number of carbonyl (C=O) groups excluding carboxylic acids is 1. The summed E-state index contributed by atoms with van der Waals surface area (Å²) in [5.74, 6) is 1.000. The summed E-state index contributed by atoms with van der Waals surface area (Å²) < 4.78 is 12.9. The van der Waals surface area contributed by atoms with Crippen molar-refractivity contribution in [3.63, 3.8) is 0 Å². The number of nitrogens with one attached hydrogen (secondary N) is 1. The van der Waals surface area contributed by atoms with E-state index in [9.17, 15) is 9.59 Å². The van der Waals surface area contributed by atoms with Crippen LogP contribution in [0.4, 0.5) is 5.69 Å². The fourth-order valence-corrected chi connectivity index (χ4v) is 5.57. The molecule has 3 aromatic heterocycles. The Labute approximate surface area is 192 Å². The first-order valence-electron chi connectivity index (χ1n) is 10.3. The van der Waals surface area contributed by atoms with Gasteiger partial charge in [0, 0.05) is 33.9 Å². The van der Waals surface area contributed by atoms with Gasteiger partial charge in [-0.05, 0) is 31.4 Å². The molecule has 0 radical (unpaired) electrons. The molecule has 1 aliphatic rings. The van der Waals surface area contributed by atoms with Gasteiger partial charge >= 0.3 is 0 Å². The third kappa shape index (κ3) is 3.78. The Hall–Kier alpha value is -3.17. The molecular formula is C23H21N3O4S2. The number of amides is 1. The molecule has 1 N–H and O–H groups in total. The highest BCUT2D eigenvalue weighted by atomic mass is 32.1. The van der Waals surface area contributed by atoms with E-state index in [1.165, 1.54) is 22.2 Å². The van der Waals surface area contributed by atoms with Crippen molar-refractivity contribution in [1.29, 1.82) is 0 Å². The van der Waals surface area contributed by atoms with Gasteiger partial charge in [-0.15, -0.1) is 22.7 Å². The molecule has 1 aromatic carbocycles. The molecule has 4 heterocycles. The van der Waals surface area contributed by atoms with E-state index in [1.807, 2.05) is 42.8 Å². The van der Waals surface area contributed by atoms with E-state index in [0.717, 1.165) is 28.2 Å². The molecule has 0 bridgehead atoms. The lowest BCUT2D eigenvalue weighted by Crippen LogP contribution is -2.28. The molecule has 0 fully saturated rings. The Bertz CT molecular complexity index is 1360. The number of hydrogen-bond acceptors (Lipinski definition) is 7. The zero-order valence-corrected chi connectivity index (χ0v) is 19.2. The number of thiophene rings is 2. The monoisotopic (exact) mass is 467 g/mol. The molecule has 0 saturated heterocycles. The second-order valence-electron chi connectivity index (χ2n) is 7.55. The van der Waals surface area contributed by atoms with Crippen molar-refractivity contribution in [3.8, 4) is 21.9 Å². The first-order valence-corrected chi connectivity index (χ1v) is 12.1. The van der Waals surface area contributed by atoms with E-state index in [-0.39, 0.29) is 24.1 Å². The second-order valence-corrected chi connectivity index (χ2v) is 9.36. The Kier molecular flexibility index (Phi) is 5.44. The number of hydrogen-bond donors (Lipinski definition) is 1. The van der Waals surface area contributed by atoms with E-state index in [0.29, 0.717) is 28.3 Å². The van der Waals surface area contributed by atoms with Crippen LogP contribution in [-0.2, 0) is 17.8 Å². The zero-order chi connectivity index (χ0) is 22.2. The molecule has 5 rings (SSSR count). The van der Waals surface area contributed by atoms with Crippen LogP contribution in [0.3, 0.4) is 0 Å². The fraction of sp³-hybridized carbons (Fsp3) is 0.261. The maximum absolute atomic E-state index is 13.2. The van der Waals surface area contributed by atoms with Crippen LogP contribution in [0, 0.1) is 0 Å². The lowest BCUT2D eigenvalue weighted by molar-refractivity contribution is -0.116. The molecule has 7 nitrogen and oxygen atoms in total. The molecule has 1 atom stereocenters. The molecule has 1 amide bonds. The molecular weight excluding hydrogens is 446 g/mol. The lowest BCUT2D eigenvalue weighted by Gasteiger charge is -2.14. The van der Waals surface area contributed by atoms with Gasteiger partial charge in [0.05, 0.1) is 24.0 Å². The number of rotatable bonds is 6. The van der Waals surface area contributed by atoms with Gasteiger partial charge in [-0.2, -0.15) is 0 Å². The van der Waals surface area contributed by atoms with Crippen LogP contribution in [-0.4, -0.2) is 28.2 Å². The van der Waals surface area contributed by atoms with Gasteiger partial charge in [0.25, 0.3) is 5.56 Å². The minimum absolute atomic E-state index is 0.0879. The van der Waals surface area contributed by atoms with E-state index in [2.05, 4.69) is 10.3 Å². The highest BCUT2D eigenvalue weighted by Crippen LogP contribution is 2.38. The third-order valence-corrected chi connectivity index (χ3v) is 7.02. The Morgan fingerprint density at radius 2 is 2.25 bits per heavy atom. The summed E-state index contributed by atoms with van der Waals surface area (Å²) in [6.07, 6.45) is 2.32. The molecule has 0 aliphatic carbocycles. The number of fused-ring (bicyclic) bond motifs is 2. The van der Waals surface area contributed by atoms with Gasteiger partial charge in [0.1, 0.15) is 29.0 Å². The molecule has 32 heavy (non-hydrogen) atoms. The Morgan fingerprint density at radius 3 is 3.03 bits per heavy atom. The number of aromatic nitrogens is 2. The van der Waals surface area contributed by atoms with Gasteiger partial charge in [-0.1, -0.05) is 6.07 Å². The largest absolute Gasteiger partial charge is 0.492 e. The molecule has 0 saturated carbocycles. The van der Waals surface area contributed by atoms with Crippen LogP contribution < -0.4 is 20.3 Å². The number of benzene rings is 1. The number of carbonyl (C=O) groups is 1. The molecule has 0 spiro atoms. The normalized spacial score (nSPS) is 14.9. The molecule has 9 heteroatoms. The standard InChI is InChI=1S/C23H21N3O4S2/c1-3-29-18-8-14-7-13(2)30-17(14)9-16(18)25-20(27)10-26-12-24-22-21(23(26)28)15(11-32-22)19-5-4-6-31-19/h4-6,8-9,11-13H,3,7,10H2,1-2H3,(H,25,27). The van der Waals surface area contributed by atoms with Gasteiger partial charge in [0.15, 0.2) is 0 Å². The highest BCUT2D eigenvalue weighted by Gasteiger charge is 2.23. The predicted octanol–water partition coefficient (Wildman–Crippen LogP) is 4.55. The number of nitrogens with zero attached hydrogens (tertiary/aromatic N) is 2. The second kappa shape index (κ2) is 8.40. The van der Waals surface area contributed by atoms with Crippen molar-refractivity contribution in [3.05, 3.63) is 57.3 Å². The summed E-state index contributed by atoms with van der Waals surface area (Å²) in [4.78, 5) is 32.1. The van der Waals surface area contributed by atoms with E-state index in [4.69, 9.17) is 9.47 Å². The molecule has 1 unspecified atom stereocenters. The smallest absolute Gasteiger partial charge is 0.263 e. The summed E-state index contributed by atoms with van der Waals surface area (Å²) >= 11 is 2.99. The molecule has 164 valence electrons. The van der Waals surface area contributed by atoms with Crippen molar-refractivity contribution >= 4 is 44.5 Å². The van der Waals surface area contributed by atoms with E-state index < -0.39 is 0 Å². The fourth-order valence-electron chi connectivity index (χ4n) is 3.85. The van der Waals surface area contributed by atoms with Gasteiger partial charge in [-0.3, -0.25) is 14.2 Å². The van der Waals surface area contributed by atoms with E-state index >= 15 is 0 Å². The highest BCUT2D eigenvalue weighted by molar-refractivity contribution is 7.18. The minimum Gasteiger partial charge on any atom is -0.492 e. The number of anilines is 1. The van der Waals surface area contributed by atoms with Crippen LogP contribution in [0.25, 0.3) is 20.7 Å². The first kappa shape index (κ1) is 20.7. The summed E-state index contributed by atoms with van der Waals surface area (Å²) in [5, 5.41) is 7.33. The minimum atomic E-state index is -0.340. The van der Waals surface area contributed by atoms with Crippen molar-refractivity contribution in [2.24, 2.45) is 0 Å². The average Bonchev–Trinajstić information content (AvgIpc) is 3.49. The number of ether oxygens (including phenoxy) is 2. The quantitative estimate of drug-likeness (QED) is 0.450. The topological polar surface area (TPSA) is 82.5 Å². The van der Waals surface area contributed by atoms with Crippen molar-refractivity contribution < 1.29 is 14.3 Å². The molecule has 1 aliphatic heterocycles. The van der Waals surface area contributed by atoms with Crippen LogP contribution >= 0.6 is 22.7 Å². The summed E-state index contributed by atoms with van der Waals surface area (Å²) in [6.45, 7) is 4.22. The third-order valence-electron chi connectivity index (χ3n) is 5.23. The predicted molar refractivity (Wildman–Crippen MR) is 127 cm³/mol. The van der Waals surface area contributed by atoms with Crippen LogP contribution in [0.15, 0.2) is 46.1 Å².